The molecule has 17 heavy (non-hydrogen) atoms. The molecule has 0 aromatic rings. The van der Waals surface area contributed by atoms with Gasteiger partial charge in [0.2, 0.25) is 5.91 Å². The highest BCUT2D eigenvalue weighted by Gasteiger charge is 2.14. The zero-order valence-electron chi connectivity index (χ0n) is 10.9. The highest BCUT2D eigenvalue weighted by molar-refractivity contribution is 14.1. The molecule has 0 aliphatic carbocycles. The maximum Gasteiger partial charge on any atom is 0.280 e. The monoisotopic (exact) mass is 354 g/mol. The molecule has 0 fully saturated rings. The van der Waals surface area contributed by atoms with Gasteiger partial charge in [0.15, 0.2) is 0 Å². The summed E-state index contributed by atoms with van der Waals surface area (Å²) >= 11 is 1.77. The number of nitrogens with one attached hydrogen (secondary N) is 2. The van der Waals surface area contributed by atoms with Gasteiger partial charge in [-0.3, -0.25) is 9.59 Å². The van der Waals surface area contributed by atoms with Crippen molar-refractivity contribution in [2.45, 2.75) is 52.5 Å². The van der Waals surface area contributed by atoms with Crippen LogP contribution in [0.4, 0.5) is 4.79 Å². The van der Waals surface area contributed by atoms with Crippen LogP contribution in [-0.4, -0.2) is 22.4 Å². The average molecular weight is 354 g/mol. The molecule has 0 heterocycles. The van der Waals surface area contributed by atoms with Crippen LogP contribution in [0, 0.1) is 5.92 Å². The second-order valence-electron chi connectivity index (χ2n) is 4.47. The number of rotatable bonds is 8. The van der Waals surface area contributed by atoms with Crippen molar-refractivity contribution in [1.82, 2.24) is 10.6 Å². The molecule has 0 radical (unpaired) electrons. The largest absolute Gasteiger partial charge is 0.356 e. The number of unbranched alkanes of at least 4 members (excludes halogenated alkanes) is 1. The summed E-state index contributed by atoms with van der Waals surface area (Å²) < 4.78 is 0.000542. The van der Waals surface area contributed by atoms with E-state index < -0.39 is 0 Å². The van der Waals surface area contributed by atoms with Crippen LogP contribution in [-0.2, 0) is 4.79 Å². The molecular formula is C12H23IN2O2. The molecule has 0 spiro atoms. The van der Waals surface area contributed by atoms with Crippen molar-refractivity contribution in [2.24, 2.45) is 5.92 Å². The van der Waals surface area contributed by atoms with Crippen LogP contribution in [0.2, 0.25) is 0 Å². The standard InChI is InChI=1S/C12H23IN2O2/c1-4-11(16)14-8-6-5-7-10(9(2)3)15-12(13)17/h9-10H,4-8H2,1-3H3,(H,14,16)(H,15,17)/t10-/m0/s1. The van der Waals surface area contributed by atoms with Gasteiger partial charge in [-0.05, 0) is 25.2 Å². The van der Waals surface area contributed by atoms with Crippen molar-refractivity contribution >= 4 is 32.4 Å². The van der Waals surface area contributed by atoms with Gasteiger partial charge < -0.3 is 10.6 Å². The molecule has 0 aromatic heterocycles. The van der Waals surface area contributed by atoms with Crippen LogP contribution in [0.1, 0.15) is 46.5 Å². The number of amides is 2. The van der Waals surface area contributed by atoms with Gasteiger partial charge in [-0.15, -0.1) is 0 Å². The summed E-state index contributed by atoms with van der Waals surface area (Å²) in [5, 5.41) is 5.80. The predicted molar refractivity (Wildman–Crippen MR) is 78.3 cm³/mol. The maximum atomic E-state index is 11.0. The lowest BCUT2D eigenvalue weighted by atomic mass is 9.98. The first-order chi connectivity index (χ1) is 7.97. The van der Waals surface area contributed by atoms with Crippen LogP contribution in [0.3, 0.4) is 0 Å². The molecule has 0 saturated heterocycles. The molecule has 0 aliphatic heterocycles. The van der Waals surface area contributed by atoms with Gasteiger partial charge in [0.1, 0.15) is 0 Å². The summed E-state index contributed by atoms with van der Waals surface area (Å²) in [4.78, 5) is 22.0. The van der Waals surface area contributed by atoms with E-state index in [0.29, 0.717) is 12.3 Å². The fourth-order valence-electron chi connectivity index (χ4n) is 1.56. The highest BCUT2D eigenvalue weighted by atomic mass is 127. The molecule has 5 heteroatoms. The summed E-state index contributed by atoms with van der Waals surface area (Å²) in [6.07, 6.45) is 3.49. The van der Waals surface area contributed by atoms with Gasteiger partial charge >= 0.3 is 0 Å². The van der Waals surface area contributed by atoms with E-state index in [0.717, 1.165) is 25.8 Å². The summed E-state index contributed by atoms with van der Waals surface area (Å²) in [6.45, 7) is 6.79. The molecule has 100 valence electrons. The Kier molecular flexibility index (Phi) is 9.49. The predicted octanol–water partition coefficient (Wildman–Crippen LogP) is 2.85. The lowest BCUT2D eigenvalue weighted by Gasteiger charge is -2.21. The highest BCUT2D eigenvalue weighted by Crippen LogP contribution is 2.11. The Bertz CT molecular complexity index is 245. The van der Waals surface area contributed by atoms with Gasteiger partial charge in [-0.1, -0.05) is 20.8 Å². The molecule has 0 saturated carbocycles. The smallest absolute Gasteiger partial charge is 0.280 e. The summed E-state index contributed by atoms with van der Waals surface area (Å²) in [7, 11) is 0. The first-order valence-corrected chi connectivity index (χ1v) is 7.28. The zero-order valence-corrected chi connectivity index (χ0v) is 13.0. The van der Waals surface area contributed by atoms with E-state index in [4.69, 9.17) is 0 Å². The first kappa shape index (κ1) is 16.7. The molecule has 0 unspecified atom stereocenters. The average Bonchev–Trinajstić information content (AvgIpc) is 2.25. The summed E-state index contributed by atoms with van der Waals surface area (Å²) in [5.41, 5.74) is 0. The third-order valence-corrected chi connectivity index (χ3v) is 3.00. The van der Waals surface area contributed by atoms with Gasteiger partial charge in [0.25, 0.3) is 3.91 Å². The lowest BCUT2D eigenvalue weighted by molar-refractivity contribution is -0.120. The molecule has 4 nitrogen and oxygen atoms in total. The van der Waals surface area contributed by atoms with Gasteiger partial charge in [0.05, 0.1) is 0 Å². The minimum atomic E-state index is 0.000542. The van der Waals surface area contributed by atoms with E-state index in [1.165, 1.54) is 0 Å². The van der Waals surface area contributed by atoms with Crippen molar-refractivity contribution in [2.75, 3.05) is 6.54 Å². The van der Waals surface area contributed by atoms with Gasteiger partial charge in [-0.2, -0.15) is 0 Å². The van der Waals surface area contributed by atoms with Crippen molar-refractivity contribution in [3.05, 3.63) is 0 Å². The Balaban J connectivity index is 3.68. The minimum absolute atomic E-state index is 0.000542. The zero-order chi connectivity index (χ0) is 13.3. The number of carbonyl (C=O) groups excluding carboxylic acids is 2. The van der Waals surface area contributed by atoms with Crippen LogP contribution in [0.15, 0.2) is 0 Å². The lowest BCUT2D eigenvalue weighted by Crippen LogP contribution is -2.35. The van der Waals surface area contributed by atoms with E-state index >= 15 is 0 Å². The van der Waals surface area contributed by atoms with Crippen molar-refractivity contribution < 1.29 is 9.59 Å². The van der Waals surface area contributed by atoms with Crippen LogP contribution < -0.4 is 10.6 Å². The molecule has 1 atom stereocenters. The number of hydrogen-bond donors (Lipinski definition) is 2. The topological polar surface area (TPSA) is 58.2 Å². The van der Waals surface area contributed by atoms with Crippen molar-refractivity contribution in [3.8, 4) is 0 Å². The van der Waals surface area contributed by atoms with E-state index in [9.17, 15) is 9.59 Å². The van der Waals surface area contributed by atoms with Crippen LogP contribution in [0.5, 0.6) is 0 Å². The van der Waals surface area contributed by atoms with Crippen molar-refractivity contribution in [3.63, 3.8) is 0 Å². The SMILES string of the molecule is CCC(=O)NCCCC[C@H](NC(=O)I)C(C)C. The Morgan fingerprint density at radius 3 is 2.35 bits per heavy atom. The Morgan fingerprint density at radius 2 is 1.88 bits per heavy atom. The molecule has 0 bridgehead atoms. The fourth-order valence-corrected chi connectivity index (χ4v) is 1.96. The molecule has 0 aliphatic rings. The van der Waals surface area contributed by atoms with Gasteiger partial charge in [-0.25, -0.2) is 0 Å². The fraction of sp³-hybridized carbons (Fsp3) is 0.833. The maximum absolute atomic E-state index is 11.0. The summed E-state index contributed by atoms with van der Waals surface area (Å²) in [5.74, 6) is 0.546. The Morgan fingerprint density at radius 1 is 1.24 bits per heavy atom. The van der Waals surface area contributed by atoms with E-state index in [-0.39, 0.29) is 15.9 Å². The third kappa shape index (κ3) is 9.38. The van der Waals surface area contributed by atoms with Gasteiger partial charge in [0, 0.05) is 41.6 Å². The second-order valence-corrected chi connectivity index (χ2v) is 5.45. The second kappa shape index (κ2) is 9.67. The Hall–Kier alpha value is -0.330. The summed E-state index contributed by atoms with van der Waals surface area (Å²) in [6, 6.07) is 0.237. The number of halogens is 1. The van der Waals surface area contributed by atoms with E-state index in [1.807, 2.05) is 6.92 Å². The molecule has 2 N–H and O–H groups in total. The normalized spacial score (nSPS) is 12.3. The third-order valence-electron chi connectivity index (χ3n) is 2.69. The molecular weight excluding hydrogens is 331 g/mol. The van der Waals surface area contributed by atoms with E-state index in [1.54, 1.807) is 22.6 Å². The van der Waals surface area contributed by atoms with Crippen LogP contribution in [0.25, 0.3) is 0 Å². The minimum Gasteiger partial charge on any atom is -0.356 e. The first-order valence-electron chi connectivity index (χ1n) is 6.20. The molecule has 0 aromatic carbocycles. The van der Waals surface area contributed by atoms with Crippen LogP contribution >= 0.6 is 22.6 Å². The number of hydrogen-bond acceptors (Lipinski definition) is 2. The Labute approximate surface area is 117 Å². The van der Waals surface area contributed by atoms with Crippen molar-refractivity contribution in [1.29, 1.82) is 0 Å². The molecule has 2 amide bonds. The number of carbonyl (C=O) groups is 2. The molecule has 0 rings (SSSR count). The quantitative estimate of drug-likeness (QED) is 0.305. The van der Waals surface area contributed by atoms with E-state index in [2.05, 4.69) is 24.5 Å².